The zero-order chi connectivity index (χ0) is 15.9. The Morgan fingerprint density at radius 1 is 0.895 bits per heavy atom. The van der Waals surface area contributed by atoms with Gasteiger partial charge in [-0.15, -0.1) is 0 Å². The molecule has 0 aromatic carbocycles. The van der Waals surface area contributed by atoms with Crippen LogP contribution in [0.3, 0.4) is 0 Å². The van der Waals surface area contributed by atoms with Crippen molar-refractivity contribution in [3.05, 3.63) is 12.2 Å². The molecule has 1 heteroatoms. The Balaban J connectivity index is 5.62. The molecule has 0 nitrogen and oxygen atoms in total. The van der Waals surface area contributed by atoms with Crippen molar-refractivity contribution in [2.75, 3.05) is 0 Å². The lowest BCUT2D eigenvalue weighted by Gasteiger charge is -2.48. The zero-order valence-electron chi connectivity index (χ0n) is 15.5. The smallest absolute Gasteiger partial charge is 0.0600 e. The molecule has 19 heavy (non-hydrogen) atoms. The fraction of sp³-hybridized carbons (Fsp3) is 0.889. The van der Waals surface area contributed by atoms with Crippen LogP contribution in [0.25, 0.3) is 0 Å². The third kappa shape index (κ3) is 5.09. The van der Waals surface area contributed by atoms with Crippen molar-refractivity contribution in [1.29, 1.82) is 0 Å². The second-order valence-electron chi connectivity index (χ2n) is 10.1. The summed E-state index contributed by atoms with van der Waals surface area (Å²) < 4.78 is 0. The van der Waals surface area contributed by atoms with Gasteiger partial charge in [-0.05, 0) is 27.8 Å². The highest BCUT2D eigenvalue weighted by atomic mass is 28.3. The summed E-state index contributed by atoms with van der Waals surface area (Å²) in [6.45, 7) is 30.9. The third-order valence-electron chi connectivity index (χ3n) is 5.00. The molecule has 0 rings (SSSR count). The third-order valence-corrected chi connectivity index (χ3v) is 11.2. The average molecular weight is 283 g/mol. The van der Waals surface area contributed by atoms with E-state index in [4.69, 9.17) is 0 Å². The van der Waals surface area contributed by atoms with Crippen LogP contribution in [0.15, 0.2) is 12.2 Å². The van der Waals surface area contributed by atoms with E-state index in [-0.39, 0.29) is 5.41 Å². The van der Waals surface area contributed by atoms with Crippen LogP contribution in [-0.2, 0) is 0 Å². The second kappa shape index (κ2) is 5.39. The summed E-state index contributed by atoms with van der Waals surface area (Å²) in [7, 11) is -1.42. The lowest BCUT2D eigenvalue weighted by atomic mass is 9.80. The molecule has 0 radical (unpaired) electrons. The van der Waals surface area contributed by atoms with Crippen LogP contribution >= 0.6 is 0 Å². The van der Waals surface area contributed by atoms with Gasteiger partial charge in [0, 0.05) is 0 Å². The molecule has 0 N–H and O–H groups in total. The van der Waals surface area contributed by atoms with Crippen molar-refractivity contribution in [1.82, 2.24) is 0 Å². The van der Waals surface area contributed by atoms with E-state index in [0.29, 0.717) is 16.0 Å². The van der Waals surface area contributed by atoms with E-state index >= 15 is 0 Å². The van der Waals surface area contributed by atoms with Crippen LogP contribution in [0.4, 0.5) is 0 Å². The molecule has 0 aromatic rings. The Bertz CT molecular complexity index is 315. The van der Waals surface area contributed by atoms with Gasteiger partial charge >= 0.3 is 0 Å². The van der Waals surface area contributed by atoms with Crippen molar-refractivity contribution < 1.29 is 0 Å². The minimum atomic E-state index is -1.42. The minimum absolute atomic E-state index is 0.214. The van der Waals surface area contributed by atoms with Gasteiger partial charge in [0.05, 0.1) is 8.07 Å². The molecule has 0 bridgehead atoms. The van der Waals surface area contributed by atoms with Gasteiger partial charge in [0.1, 0.15) is 0 Å². The highest BCUT2D eigenvalue weighted by Crippen LogP contribution is 2.53. The van der Waals surface area contributed by atoms with Gasteiger partial charge in [0.2, 0.25) is 0 Å². The normalized spacial score (nSPS) is 16.4. The quantitative estimate of drug-likeness (QED) is 0.390. The summed E-state index contributed by atoms with van der Waals surface area (Å²) >= 11 is 0. The molecule has 114 valence electrons. The summed E-state index contributed by atoms with van der Waals surface area (Å²) in [5, 5.41) is 0.414. The van der Waals surface area contributed by atoms with Crippen molar-refractivity contribution in [2.24, 2.45) is 10.8 Å². The first kappa shape index (κ1) is 19.0. The van der Waals surface area contributed by atoms with E-state index in [1.165, 1.54) is 12.0 Å². The van der Waals surface area contributed by atoms with Crippen LogP contribution in [0.2, 0.25) is 23.7 Å². The first-order valence-electron chi connectivity index (χ1n) is 7.69. The standard InChI is InChI=1S/C18H38Si/c1-14(17(5,6)7)15(13-16(2,3)4)19(11,12)18(8,9)10/h15H,1,13H2,2-12H3. The monoisotopic (exact) mass is 282 g/mol. The first-order valence-corrected chi connectivity index (χ1v) is 10.8. The van der Waals surface area contributed by atoms with Gasteiger partial charge in [-0.1, -0.05) is 87.6 Å². The topological polar surface area (TPSA) is 0 Å². The Morgan fingerprint density at radius 3 is 1.47 bits per heavy atom. The molecule has 0 heterocycles. The maximum atomic E-state index is 4.52. The summed E-state index contributed by atoms with van der Waals surface area (Å²) in [5.74, 6) is 0. The number of allylic oxidation sites excluding steroid dienone is 1. The van der Waals surface area contributed by atoms with Gasteiger partial charge in [0.15, 0.2) is 0 Å². The highest BCUT2D eigenvalue weighted by molar-refractivity contribution is 6.82. The van der Waals surface area contributed by atoms with Crippen LogP contribution < -0.4 is 0 Å². The van der Waals surface area contributed by atoms with Gasteiger partial charge in [-0.25, -0.2) is 0 Å². The molecule has 0 aliphatic rings. The molecular weight excluding hydrogens is 244 g/mol. The predicted molar refractivity (Wildman–Crippen MR) is 93.6 cm³/mol. The Hall–Kier alpha value is -0.0431. The summed E-state index contributed by atoms with van der Waals surface area (Å²) in [6.07, 6.45) is 1.26. The average Bonchev–Trinajstić information content (AvgIpc) is 2.07. The van der Waals surface area contributed by atoms with Gasteiger partial charge in [0.25, 0.3) is 0 Å². The minimum Gasteiger partial charge on any atom is -0.0993 e. The molecule has 1 unspecified atom stereocenters. The summed E-state index contributed by atoms with van der Waals surface area (Å²) in [5.41, 5.74) is 2.74. The van der Waals surface area contributed by atoms with Gasteiger partial charge in [-0.3, -0.25) is 0 Å². The van der Waals surface area contributed by atoms with Gasteiger partial charge < -0.3 is 0 Å². The Morgan fingerprint density at radius 2 is 1.26 bits per heavy atom. The van der Waals surface area contributed by atoms with E-state index in [9.17, 15) is 0 Å². The summed E-state index contributed by atoms with van der Waals surface area (Å²) in [4.78, 5) is 0. The maximum absolute atomic E-state index is 4.52. The molecule has 0 aliphatic heterocycles. The van der Waals surface area contributed by atoms with Crippen LogP contribution in [0.1, 0.15) is 68.7 Å². The molecular formula is C18H38Si. The highest BCUT2D eigenvalue weighted by Gasteiger charge is 2.45. The number of hydrogen-bond donors (Lipinski definition) is 0. The van der Waals surface area contributed by atoms with Crippen molar-refractivity contribution in [3.8, 4) is 0 Å². The summed E-state index contributed by atoms with van der Waals surface area (Å²) in [6, 6.07) is 0. The number of rotatable bonds is 3. The molecule has 0 fully saturated rings. The first-order chi connectivity index (χ1) is 8.00. The molecule has 0 saturated heterocycles. The SMILES string of the molecule is C=C(C(CC(C)(C)C)[Si](C)(C)C(C)(C)C)C(C)(C)C. The largest absolute Gasteiger partial charge is 0.0993 e. The Labute approximate surface area is 124 Å². The zero-order valence-corrected chi connectivity index (χ0v) is 16.5. The van der Waals surface area contributed by atoms with E-state index < -0.39 is 8.07 Å². The lowest BCUT2D eigenvalue weighted by molar-refractivity contribution is 0.351. The van der Waals surface area contributed by atoms with Crippen LogP contribution in [0.5, 0.6) is 0 Å². The van der Waals surface area contributed by atoms with Crippen LogP contribution in [-0.4, -0.2) is 8.07 Å². The van der Waals surface area contributed by atoms with Crippen molar-refractivity contribution in [2.45, 2.75) is 92.4 Å². The fourth-order valence-corrected chi connectivity index (χ4v) is 5.94. The number of hydrogen-bond acceptors (Lipinski definition) is 0. The molecule has 0 spiro atoms. The lowest BCUT2D eigenvalue weighted by Crippen LogP contribution is -2.45. The second-order valence-corrected chi connectivity index (χ2v) is 15.7. The van der Waals surface area contributed by atoms with Crippen molar-refractivity contribution >= 4 is 8.07 Å². The molecule has 0 saturated carbocycles. The molecule has 0 amide bonds. The van der Waals surface area contributed by atoms with Gasteiger partial charge in [-0.2, -0.15) is 0 Å². The van der Waals surface area contributed by atoms with E-state index in [0.717, 1.165) is 0 Å². The van der Waals surface area contributed by atoms with Crippen molar-refractivity contribution in [3.63, 3.8) is 0 Å². The Kier molecular flexibility index (Phi) is 5.38. The van der Waals surface area contributed by atoms with Crippen LogP contribution in [0, 0.1) is 10.8 Å². The van der Waals surface area contributed by atoms with E-state index in [1.54, 1.807) is 0 Å². The predicted octanol–water partition coefficient (Wildman–Crippen LogP) is 6.90. The fourth-order valence-electron chi connectivity index (χ4n) is 2.47. The maximum Gasteiger partial charge on any atom is 0.0600 e. The molecule has 0 aromatic heterocycles. The van der Waals surface area contributed by atoms with E-state index in [1.807, 2.05) is 0 Å². The molecule has 0 aliphatic carbocycles. The molecule has 1 atom stereocenters. The van der Waals surface area contributed by atoms with E-state index in [2.05, 4.69) is 82.0 Å².